The van der Waals surface area contributed by atoms with Crippen molar-refractivity contribution >= 4 is 17.3 Å². The van der Waals surface area contributed by atoms with Crippen molar-refractivity contribution in [3.8, 4) is 5.69 Å². The smallest absolute Gasteiger partial charge is 0.296 e. The standard InChI is InChI=1S/C10H9ClN4O2/c11-7-1-2-9(10(5-7)15(16)17)14-4-3-8(6-12)13-14/h1-5H,6,12H2. The lowest BCUT2D eigenvalue weighted by Crippen LogP contribution is -2.03. The third kappa shape index (κ3) is 2.27. The van der Waals surface area contributed by atoms with Crippen molar-refractivity contribution in [3.05, 3.63) is 51.3 Å². The van der Waals surface area contributed by atoms with Crippen LogP contribution in [0.25, 0.3) is 5.69 Å². The summed E-state index contributed by atoms with van der Waals surface area (Å²) in [5, 5.41) is 15.3. The van der Waals surface area contributed by atoms with E-state index in [9.17, 15) is 10.1 Å². The summed E-state index contributed by atoms with van der Waals surface area (Å²) in [6.45, 7) is 0.286. The van der Waals surface area contributed by atoms with E-state index < -0.39 is 4.92 Å². The minimum Gasteiger partial charge on any atom is -0.325 e. The summed E-state index contributed by atoms with van der Waals surface area (Å²) in [5.74, 6) is 0. The molecule has 88 valence electrons. The largest absolute Gasteiger partial charge is 0.325 e. The molecular weight excluding hydrogens is 244 g/mol. The number of halogens is 1. The number of nitro groups is 1. The second-order valence-electron chi connectivity index (χ2n) is 3.35. The van der Waals surface area contributed by atoms with E-state index in [0.29, 0.717) is 16.4 Å². The fraction of sp³-hybridized carbons (Fsp3) is 0.100. The molecule has 1 heterocycles. The van der Waals surface area contributed by atoms with Gasteiger partial charge in [-0.3, -0.25) is 10.1 Å². The van der Waals surface area contributed by atoms with Crippen LogP contribution in [0.3, 0.4) is 0 Å². The van der Waals surface area contributed by atoms with Crippen molar-refractivity contribution in [1.29, 1.82) is 0 Å². The van der Waals surface area contributed by atoms with E-state index in [1.54, 1.807) is 24.4 Å². The Labute approximate surface area is 102 Å². The normalized spacial score (nSPS) is 10.5. The molecule has 0 aliphatic rings. The summed E-state index contributed by atoms with van der Waals surface area (Å²) >= 11 is 5.73. The van der Waals surface area contributed by atoms with Gasteiger partial charge < -0.3 is 5.73 Å². The molecule has 0 radical (unpaired) electrons. The number of rotatable bonds is 3. The van der Waals surface area contributed by atoms with Crippen LogP contribution >= 0.6 is 11.6 Å². The van der Waals surface area contributed by atoms with Gasteiger partial charge in [-0.1, -0.05) is 11.6 Å². The Balaban J connectivity index is 2.54. The van der Waals surface area contributed by atoms with Gasteiger partial charge in [0.05, 0.1) is 10.6 Å². The molecule has 0 amide bonds. The van der Waals surface area contributed by atoms with Crippen LogP contribution in [0.5, 0.6) is 0 Å². The molecule has 0 bridgehead atoms. The van der Waals surface area contributed by atoms with Crippen LogP contribution in [0, 0.1) is 10.1 Å². The minimum atomic E-state index is -0.495. The van der Waals surface area contributed by atoms with Gasteiger partial charge in [-0.05, 0) is 18.2 Å². The summed E-state index contributed by atoms with van der Waals surface area (Å²) in [5.41, 5.74) is 6.36. The Morgan fingerprint density at radius 2 is 2.24 bits per heavy atom. The second-order valence-corrected chi connectivity index (χ2v) is 3.78. The predicted molar refractivity (Wildman–Crippen MR) is 63.1 cm³/mol. The average Bonchev–Trinajstić information content (AvgIpc) is 2.77. The molecule has 0 unspecified atom stereocenters. The first-order chi connectivity index (χ1) is 8.11. The third-order valence-electron chi connectivity index (χ3n) is 2.23. The Bertz CT molecular complexity index is 567. The molecule has 1 aromatic heterocycles. The van der Waals surface area contributed by atoms with Crippen LogP contribution < -0.4 is 5.73 Å². The Hall–Kier alpha value is -1.92. The molecule has 0 spiro atoms. The van der Waals surface area contributed by atoms with Gasteiger partial charge in [0.25, 0.3) is 5.69 Å². The topological polar surface area (TPSA) is 87.0 Å². The van der Waals surface area contributed by atoms with Crippen molar-refractivity contribution in [2.75, 3.05) is 0 Å². The number of hydrogen-bond acceptors (Lipinski definition) is 4. The number of nitrogens with zero attached hydrogens (tertiary/aromatic N) is 3. The SMILES string of the molecule is NCc1ccn(-c2ccc(Cl)cc2[N+](=O)[O-])n1. The van der Waals surface area contributed by atoms with Crippen molar-refractivity contribution in [2.45, 2.75) is 6.54 Å². The summed E-state index contributed by atoms with van der Waals surface area (Å²) in [4.78, 5) is 10.4. The van der Waals surface area contributed by atoms with Gasteiger partial charge in [0.15, 0.2) is 0 Å². The van der Waals surface area contributed by atoms with Gasteiger partial charge in [0.2, 0.25) is 0 Å². The zero-order chi connectivity index (χ0) is 12.4. The van der Waals surface area contributed by atoms with Crippen molar-refractivity contribution in [3.63, 3.8) is 0 Å². The maximum absolute atomic E-state index is 10.9. The lowest BCUT2D eigenvalue weighted by molar-refractivity contribution is -0.384. The lowest BCUT2D eigenvalue weighted by atomic mass is 10.3. The highest BCUT2D eigenvalue weighted by Crippen LogP contribution is 2.26. The van der Waals surface area contributed by atoms with Crippen LogP contribution in [0.1, 0.15) is 5.69 Å². The monoisotopic (exact) mass is 252 g/mol. The van der Waals surface area contributed by atoms with Crippen LogP contribution in [-0.4, -0.2) is 14.7 Å². The van der Waals surface area contributed by atoms with E-state index in [2.05, 4.69) is 5.10 Å². The van der Waals surface area contributed by atoms with Gasteiger partial charge in [-0.2, -0.15) is 5.10 Å². The molecule has 2 N–H and O–H groups in total. The Morgan fingerprint density at radius 1 is 1.47 bits per heavy atom. The number of nitrogens with two attached hydrogens (primary N) is 1. The molecule has 0 fully saturated rings. The fourth-order valence-electron chi connectivity index (χ4n) is 1.44. The summed E-state index contributed by atoms with van der Waals surface area (Å²) < 4.78 is 1.41. The molecule has 2 rings (SSSR count). The molecule has 0 saturated heterocycles. The number of nitro benzene ring substituents is 1. The fourth-order valence-corrected chi connectivity index (χ4v) is 1.61. The van der Waals surface area contributed by atoms with Gasteiger partial charge in [-0.15, -0.1) is 0 Å². The highest BCUT2D eigenvalue weighted by Gasteiger charge is 2.16. The highest BCUT2D eigenvalue weighted by atomic mass is 35.5. The maximum atomic E-state index is 10.9. The van der Waals surface area contributed by atoms with Gasteiger partial charge in [0, 0.05) is 23.8 Å². The Morgan fingerprint density at radius 3 is 2.82 bits per heavy atom. The third-order valence-corrected chi connectivity index (χ3v) is 2.47. The molecule has 0 atom stereocenters. The molecule has 1 aromatic carbocycles. The number of aromatic nitrogens is 2. The first-order valence-electron chi connectivity index (χ1n) is 4.80. The van der Waals surface area contributed by atoms with E-state index in [4.69, 9.17) is 17.3 Å². The van der Waals surface area contributed by atoms with Crippen LogP contribution in [0.15, 0.2) is 30.5 Å². The van der Waals surface area contributed by atoms with E-state index in [1.165, 1.54) is 10.7 Å². The molecule has 7 heteroatoms. The van der Waals surface area contributed by atoms with E-state index in [0.717, 1.165) is 0 Å². The molecule has 0 aliphatic carbocycles. The van der Waals surface area contributed by atoms with Crippen molar-refractivity contribution in [2.24, 2.45) is 5.73 Å². The quantitative estimate of drug-likeness (QED) is 0.667. The summed E-state index contributed by atoms with van der Waals surface area (Å²) in [6.07, 6.45) is 1.62. The van der Waals surface area contributed by atoms with E-state index in [-0.39, 0.29) is 12.2 Å². The maximum Gasteiger partial charge on any atom is 0.296 e. The van der Waals surface area contributed by atoms with Crippen molar-refractivity contribution < 1.29 is 4.92 Å². The second kappa shape index (κ2) is 4.52. The highest BCUT2D eigenvalue weighted by molar-refractivity contribution is 6.30. The van der Waals surface area contributed by atoms with E-state index >= 15 is 0 Å². The summed E-state index contributed by atoms with van der Waals surface area (Å²) in [7, 11) is 0. The zero-order valence-electron chi connectivity index (χ0n) is 8.71. The first-order valence-corrected chi connectivity index (χ1v) is 5.18. The minimum absolute atomic E-state index is 0.0934. The molecule has 17 heavy (non-hydrogen) atoms. The average molecular weight is 253 g/mol. The molecular formula is C10H9ClN4O2. The van der Waals surface area contributed by atoms with Gasteiger partial charge >= 0.3 is 0 Å². The predicted octanol–water partition coefficient (Wildman–Crippen LogP) is 1.89. The zero-order valence-corrected chi connectivity index (χ0v) is 9.46. The molecule has 0 saturated carbocycles. The van der Waals surface area contributed by atoms with Gasteiger partial charge in [-0.25, -0.2) is 4.68 Å². The molecule has 6 nitrogen and oxygen atoms in total. The molecule has 0 aliphatic heterocycles. The number of benzene rings is 1. The van der Waals surface area contributed by atoms with Crippen LogP contribution in [-0.2, 0) is 6.54 Å². The van der Waals surface area contributed by atoms with Crippen LogP contribution in [0.4, 0.5) is 5.69 Å². The van der Waals surface area contributed by atoms with Crippen LogP contribution in [0.2, 0.25) is 5.02 Å². The van der Waals surface area contributed by atoms with Crippen molar-refractivity contribution in [1.82, 2.24) is 9.78 Å². The first kappa shape index (κ1) is 11.6. The van der Waals surface area contributed by atoms with Gasteiger partial charge in [0.1, 0.15) is 5.69 Å². The van der Waals surface area contributed by atoms with E-state index in [1.807, 2.05) is 0 Å². The lowest BCUT2D eigenvalue weighted by Gasteiger charge is -2.03. The number of hydrogen-bond donors (Lipinski definition) is 1. The molecule has 2 aromatic rings. The Kier molecular flexibility index (Phi) is 3.08. The summed E-state index contributed by atoms with van der Waals surface area (Å²) in [6, 6.07) is 6.13.